The second kappa shape index (κ2) is 9.76. The van der Waals surface area contributed by atoms with Gasteiger partial charge in [0.05, 0.1) is 18.9 Å². The standard InChI is InChI=1S/C21H24N2O2S2/c1-25-18-11-9-17(10-12-18)20(16-7-3-2-4-8-16)22-19(24)15-27-21(26)23-13-5-6-14-23/h2-4,7-12,20H,5-6,13-15H2,1H3,(H,22,24)/t20-/m1/s1. The zero-order valence-electron chi connectivity index (χ0n) is 15.4. The van der Waals surface area contributed by atoms with Crippen LogP contribution >= 0.6 is 24.0 Å². The van der Waals surface area contributed by atoms with Gasteiger partial charge in [-0.05, 0) is 36.1 Å². The first-order chi connectivity index (χ1) is 13.2. The Balaban J connectivity index is 1.67. The number of nitrogens with one attached hydrogen (secondary N) is 1. The lowest BCUT2D eigenvalue weighted by Crippen LogP contribution is -2.32. The highest BCUT2D eigenvalue weighted by molar-refractivity contribution is 8.23. The molecule has 1 saturated heterocycles. The van der Waals surface area contributed by atoms with Crippen LogP contribution in [0.2, 0.25) is 0 Å². The molecular weight excluding hydrogens is 376 g/mol. The number of hydrogen-bond acceptors (Lipinski definition) is 4. The molecule has 1 fully saturated rings. The largest absolute Gasteiger partial charge is 0.497 e. The number of hydrogen-bond donors (Lipinski definition) is 1. The molecule has 0 bridgehead atoms. The van der Waals surface area contributed by atoms with Crippen molar-refractivity contribution in [3.63, 3.8) is 0 Å². The summed E-state index contributed by atoms with van der Waals surface area (Å²) in [5.41, 5.74) is 2.06. The number of likely N-dealkylation sites (tertiary alicyclic amines) is 1. The number of carbonyl (C=O) groups is 1. The minimum Gasteiger partial charge on any atom is -0.497 e. The van der Waals surface area contributed by atoms with E-state index in [9.17, 15) is 4.79 Å². The smallest absolute Gasteiger partial charge is 0.231 e. The predicted octanol–water partition coefficient (Wildman–Crippen LogP) is 4.01. The van der Waals surface area contributed by atoms with Gasteiger partial charge in [0.25, 0.3) is 0 Å². The van der Waals surface area contributed by atoms with Gasteiger partial charge < -0.3 is 15.0 Å². The van der Waals surface area contributed by atoms with Crippen LogP contribution in [0.1, 0.15) is 30.0 Å². The molecule has 4 nitrogen and oxygen atoms in total. The lowest BCUT2D eigenvalue weighted by Gasteiger charge is -2.21. The van der Waals surface area contributed by atoms with Gasteiger partial charge in [-0.2, -0.15) is 0 Å². The van der Waals surface area contributed by atoms with Crippen LogP contribution in [0.4, 0.5) is 0 Å². The molecule has 2 aromatic carbocycles. The number of rotatable bonds is 6. The van der Waals surface area contributed by atoms with Crippen molar-refractivity contribution in [2.75, 3.05) is 26.0 Å². The Morgan fingerprint density at radius 2 is 1.74 bits per heavy atom. The molecule has 27 heavy (non-hydrogen) atoms. The van der Waals surface area contributed by atoms with Crippen LogP contribution in [0.5, 0.6) is 5.75 Å². The molecule has 6 heteroatoms. The van der Waals surface area contributed by atoms with Gasteiger partial charge >= 0.3 is 0 Å². The summed E-state index contributed by atoms with van der Waals surface area (Å²) in [6, 6.07) is 17.6. The summed E-state index contributed by atoms with van der Waals surface area (Å²) in [5, 5.41) is 3.15. The van der Waals surface area contributed by atoms with Crippen molar-refractivity contribution in [2.24, 2.45) is 0 Å². The molecule has 0 radical (unpaired) electrons. The SMILES string of the molecule is COc1ccc([C@H](NC(=O)CSC(=S)N2CCCC2)c2ccccc2)cc1. The second-order valence-electron chi connectivity index (χ2n) is 6.43. The van der Waals surface area contributed by atoms with E-state index in [0.717, 1.165) is 34.3 Å². The average Bonchev–Trinajstić information content (AvgIpc) is 3.26. The van der Waals surface area contributed by atoms with Gasteiger partial charge in [0.1, 0.15) is 10.1 Å². The Hall–Kier alpha value is -2.05. The van der Waals surface area contributed by atoms with Gasteiger partial charge in [-0.3, -0.25) is 4.79 Å². The molecule has 1 aliphatic heterocycles. The van der Waals surface area contributed by atoms with Crippen molar-refractivity contribution in [3.05, 3.63) is 65.7 Å². The van der Waals surface area contributed by atoms with Crippen molar-refractivity contribution in [3.8, 4) is 5.75 Å². The van der Waals surface area contributed by atoms with Crippen LogP contribution in [-0.4, -0.2) is 41.1 Å². The number of methoxy groups -OCH3 is 1. The van der Waals surface area contributed by atoms with E-state index in [2.05, 4.69) is 10.2 Å². The molecule has 0 aliphatic carbocycles. The zero-order chi connectivity index (χ0) is 19.1. The first-order valence-corrected chi connectivity index (χ1v) is 10.5. The molecule has 2 aromatic rings. The molecule has 1 atom stereocenters. The molecule has 0 spiro atoms. The fourth-order valence-electron chi connectivity index (χ4n) is 3.12. The molecular formula is C21H24N2O2S2. The summed E-state index contributed by atoms with van der Waals surface area (Å²) in [6.07, 6.45) is 2.36. The number of thiocarbonyl (C=S) groups is 1. The normalized spacial score (nSPS) is 14.6. The van der Waals surface area contributed by atoms with E-state index in [4.69, 9.17) is 17.0 Å². The lowest BCUT2D eigenvalue weighted by molar-refractivity contribution is -0.119. The van der Waals surface area contributed by atoms with E-state index in [-0.39, 0.29) is 11.9 Å². The minimum absolute atomic E-state index is 0.0220. The fraction of sp³-hybridized carbons (Fsp3) is 0.333. The molecule has 3 rings (SSSR count). The van der Waals surface area contributed by atoms with Crippen molar-refractivity contribution >= 4 is 34.2 Å². The third-order valence-corrected chi connectivity index (χ3v) is 6.10. The van der Waals surface area contributed by atoms with Gasteiger partial charge in [-0.15, -0.1) is 0 Å². The summed E-state index contributed by atoms with van der Waals surface area (Å²) in [6.45, 7) is 2.01. The Morgan fingerprint density at radius 1 is 1.11 bits per heavy atom. The summed E-state index contributed by atoms with van der Waals surface area (Å²) in [7, 11) is 1.64. The van der Waals surface area contributed by atoms with Gasteiger partial charge in [-0.1, -0.05) is 66.4 Å². The molecule has 1 amide bonds. The summed E-state index contributed by atoms with van der Waals surface area (Å²) >= 11 is 6.90. The molecule has 1 N–H and O–H groups in total. The fourth-order valence-corrected chi connectivity index (χ4v) is 4.18. The first-order valence-electron chi connectivity index (χ1n) is 9.07. The number of nitrogens with zero attached hydrogens (tertiary/aromatic N) is 1. The van der Waals surface area contributed by atoms with Crippen LogP contribution in [0.25, 0.3) is 0 Å². The van der Waals surface area contributed by atoms with Crippen molar-refractivity contribution in [1.82, 2.24) is 10.2 Å². The molecule has 1 aliphatic rings. The number of benzene rings is 2. The topological polar surface area (TPSA) is 41.6 Å². The Kier molecular flexibility index (Phi) is 7.12. The van der Waals surface area contributed by atoms with Crippen LogP contribution in [0.15, 0.2) is 54.6 Å². The van der Waals surface area contributed by atoms with E-state index in [1.807, 2.05) is 54.6 Å². The maximum atomic E-state index is 12.6. The third kappa shape index (κ3) is 5.47. The van der Waals surface area contributed by atoms with E-state index in [1.165, 1.54) is 24.6 Å². The van der Waals surface area contributed by atoms with E-state index in [0.29, 0.717) is 5.75 Å². The molecule has 0 aromatic heterocycles. The Bertz CT molecular complexity index is 760. The highest BCUT2D eigenvalue weighted by Crippen LogP contribution is 2.24. The van der Waals surface area contributed by atoms with Gasteiger partial charge in [0.2, 0.25) is 5.91 Å². The number of amides is 1. The third-order valence-electron chi connectivity index (χ3n) is 4.58. The summed E-state index contributed by atoms with van der Waals surface area (Å²) in [4.78, 5) is 14.8. The Morgan fingerprint density at radius 3 is 2.37 bits per heavy atom. The maximum absolute atomic E-state index is 12.6. The van der Waals surface area contributed by atoms with Crippen LogP contribution in [0, 0.1) is 0 Å². The highest BCUT2D eigenvalue weighted by atomic mass is 32.2. The van der Waals surface area contributed by atoms with Crippen molar-refractivity contribution in [2.45, 2.75) is 18.9 Å². The summed E-state index contributed by atoms with van der Waals surface area (Å²) in [5.74, 6) is 1.10. The molecule has 142 valence electrons. The number of carbonyl (C=O) groups excluding carboxylic acids is 1. The zero-order valence-corrected chi connectivity index (χ0v) is 17.0. The monoisotopic (exact) mass is 400 g/mol. The molecule has 1 heterocycles. The number of thioether (sulfide) groups is 1. The maximum Gasteiger partial charge on any atom is 0.231 e. The Labute approximate surface area is 170 Å². The quantitative estimate of drug-likeness (QED) is 0.742. The molecule has 0 saturated carbocycles. The minimum atomic E-state index is -0.203. The second-order valence-corrected chi connectivity index (χ2v) is 8.04. The van der Waals surface area contributed by atoms with E-state index >= 15 is 0 Å². The van der Waals surface area contributed by atoms with E-state index < -0.39 is 0 Å². The van der Waals surface area contributed by atoms with Crippen LogP contribution in [-0.2, 0) is 4.79 Å². The van der Waals surface area contributed by atoms with Crippen LogP contribution < -0.4 is 10.1 Å². The lowest BCUT2D eigenvalue weighted by atomic mass is 9.98. The van der Waals surface area contributed by atoms with Gasteiger partial charge in [0.15, 0.2) is 0 Å². The van der Waals surface area contributed by atoms with Crippen molar-refractivity contribution in [1.29, 1.82) is 0 Å². The predicted molar refractivity (Wildman–Crippen MR) is 115 cm³/mol. The first kappa shape index (κ1) is 19.7. The number of ether oxygens (including phenoxy) is 1. The van der Waals surface area contributed by atoms with Gasteiger partial charge in [-0.25, -0.2) is 0 Å². The average molecular weight is 401 g/mol. The van der Waals surface area contributed by atoms with Crippen LogP contribution in [0.3, 0.4) is 0 Å². The van der Waals surface area contributed by atoms with Crippen molar-refractivity contribution < 1.29 is 9.53 Å². The highest BCUT2D eigenvalue weighted by Gasteiger charge is 2.19. The van der Waals surface area contributed by atoms with E-state index in [1.54, 1.807) is 7.11 Å². The van der Waals surface area contributed by atoms with Gasteiger partial charge in [0, 0.05) is 13.1 Å². The molecule has 0 unspecified atom stereocenters. The summed E-state index contributed by atoms with van der Waals surface area (Å²) < 4.78 is 6.06.